The van der Waals surface area contributed by atoms with E-state index in [0.717, 1.165) is 5.56 Å². The maximum atomic E-state index is 9.92. The Morgan fingerprint density at radius 3 is 2.65 bits per heavy atom. The molecule has 0 heterocycles. The normalized spacial score (nSPS) is 12.8. The van der Waals surface area contributed by atoms with Crippen molar-refractivity contribution in [2.75, 3.05) is 33.9 Å². The van der Waals surface area contributed by atoms with Crippen molar-refractivity contribution < 1.29 is 14.9 Å². The van der Waals surface area contributed by atoms with Crippen molar-refractivity contribution in [1.29, 1.82) is 0 Å². The zero-order chi connectivity index (χ0) is 12.8. The van der Waals surface area contributed by atoms with Gasteiger partial charge in [0.25, 0.3) is 0 Å². The van der Waals surface area contributed by atoms with Crippen molar-refractivity contribution in [2.45, 2.75) is 6.04 Å². The fourth-order valence-electron chi connectivity index (χ4n) is 1.79. The zero-order valence-electron chi connectivity index (χ0n) is 10.3. The highest BCUT2D eigenvalue weighted by Crippen LogP contribution is 2.30. The number of aliphatic hydroxyl groups is 1. The second-order valence-corrected chi connectivity index (χ2v) is 3.88. The SMILES string of the molecule is COc1ccc(C(CN)N(C)CCO)c(O)c1. The van der Waals surface area contributed by atoms with Gasteiger partial charge in [-0.2, -0.15) is 0 Å². The Morgan fingerprint density at radius 2 is 2.18 bits per heavy atom. The van der Waals surface area contributed by atoms with E-state index in [1.54, 1.807) is 25.3 Å². The van der Waals surface area contributed by atoms with Crippen molar-refractivity contribution in [3.05, 3.63) is 23.8 Å². The van der Waals surface area contributed by atoms with Crippen molar-refractivity contribution >= 4 is 0 Å². The highest BCUT2D eigenvalue weighted by Gasteiger charge is 2.18. The number of aromatic hydroxyl groups is 1. The number of rotatable bonds is 6. The highest BCUT2D eigenvalue weighted by molar-refractivity contribution is 5.41. The number of ether oxygens (including phenoxy) is 1. The zero-order valence-corrected chi connectivity index (χ0v) is 10.3. The molecule has 5 nitrogen and oxygen atoms in total. The van der Waals surface area contributed by atoms with Gasteiger partial charge >= 0.3 is 0 Å². The van der Waals surface area contributed by atoms with Crippen molar-refractivity contribution in [3.63, 3.8) is 0 Å². The Kier molecular flexibility index (Phi) is 5.21. The lowest BCUT2D eigenvalue weighted by molar-refractivity contribution is 0.181. The van der Waals surface area contributed by atoms with Gasteiger partial charge in [0.15, 0.2) is 0 Å². The minimum Gasteiger partial charge on any atom is -0.507 e. The molecule has 96 valence electrons. The van der Waals surface area contributed by atoms with Crippen LogP contribution in [-0.4, -0.2) is 49.0 Å². The molecule has 0 spiro atoms. The van der Waals surface area contributed by atoms with E-state index in [-0.39, 0.29) is 18.4 Å². The van der Waals surface area contributed by atoms with Gasteiger partial charge in [0.05, 0.1) is 19.8 Å². The molecule has 1 atom stereocenters. The summed E-state index contributed by atoms with van der Waals surface area (Å²) >= 11 is 0. The van der Waals surface area contributed by atoms with E-state index in [1.165, 1.54) is 0 Å². The number of benzene rings is 1. The number of nitrogens with zero attached hydrogens (tertiary/aromatic N) is 1. The molecule has 0 fully saturated rings. The molecule has 5 heteroatoms. The smallest absolute Gasteiger partial charge is 0.124 e. The monoisotopic (exact) mass is 240 g/mol. The summed E-state index contributed by atoms with van der Waals surface area (Å²) in [5.74, 6) is 0.761. The molecule has 1 aromatic rings. The number of nitrogens with two attached hydrogens (primary N) is 1. The van der Waals surface area contributed by atoms with Crippen LogP contribution in [0.3, 0.4) is 0 Å². The molecule has 0 aliphatic carbocycles. The van der Waals surface area contributed by atoms with E-state index in [9.17, 15) is 5.11 Å². The lowest BCUT2D eigenvalue weighted by Crippen LogP contribution is -2.32. The summed E-state index contributed by atoms with van der Waals surface area (Å²) in [7, 11) is 3.41. The number of aliphatic hydroxyl groups excluding tert-OH is 1. The minimum absolute atomic E-state index is 0.0594. The predicted molar refractivity (Wildman–Crippen MR) is 66.2 cm³/mol. The topological polar surface area (TPSA) is 79.0 Å². The van der Waals surface area contributed by atoms with Gasteiger partial charge in [-0.25, -0.2) is 0 Å². The lowest BCUT2D eigenvalue weighted by atomic mass is 10.0. The van der Waals surface area contributed by atoms with Crippen LogP contribution in [0.1, 0.15) is 11.6 Å². The molecule has 1 rings (SSSR count). The van der Waals surface area contributed by atoms with E-state index in [4.69, 9.17) is 15.6 Å². The lowest BCUT2D eigenvalue weighted by Gasteiger charge is -2.27. The van der Waals surface area contributed by atoms with Crippen LogP contribution in [0.2, 0.25) is 0 Å². The summed E-state index contributed by atoms with van der Waals surface area (Å²) in [6.45, 7) is 0.938. The summed E-state index contributed by atoms with van der Waals surface area (Å²) < 4.78 is 5.03. The molecule has 0 aliphatic rings. The first kappa shape index (κ1) is 13.8. The van der Waals surface area contributed by atoms with E-state index in [2.05, 4.69) is 0 Å². The number of likely N-dealkylation sites (N-methyl/N-ethyl adjacent to an activating group) is 1. The first-order valence-electron chi connectivity index (χ1n) is 5.52. The van der Waals surface area contributed by atoms with Crippen LogP contribution < -0.4 is 10.5 Å². The number of methoxy groups -OCH3 is 1. The van der Waals surface area contributed by atoms with Crippen LogP contribution in [-0.2, 0) is 0 Å². The average molecular weight is 240 g/mol. The maximum Gasteiger partial charge on any atom is 0.124 e. The van der Waals surface area contributed by atoms with Crippen molar-refractivity contribution in [1.82, 2.24) is 4.90 Å². The molecule has 0 radical (unpaired) electrons. The van der Waals surface area contributed by atoms with Crippen molar-refractivity contribution in [3.8, 4) is 11.5 Å². The summed E-state index contributed by atoms with van der Waals surface area (Å²) in [4.78, 5) is 1.90. The Morgan fingerprint density at radius 1 is 1.47 bits per heavy atom. The highest BCUT2D eigenvalue weighted by atomic mass is 16.5. The van der Waals surface area contributed by atoms with Gasteiger partial charge in [-0.1, -0.05) is 6.07 Å². The predicted octanol–water partition coefficient (Wildman–Crippen LogP) is 0.325. The third kappa shape index (κ3) is 3.33. The summed E-state index contributed by atoms with van der Waals surface area (Å²) in [5, 5.41) is 18.8. The largest absolute Gasteiger partial charge is 0.507 e. The second kappa shape index (κ2) is 6.44. The first-order chi connectivity index (χ1) is 8.13. The van der Waals surface area contributed by atoms with Crippen LogP contribution in [0.5, 0.6) is 11.5 Å². The fourth-order valence-corrected chi connectivity index (χ4v) is 1.79. The standard InChI is InChI=1S/C12H20N2O3/c1-14(5-6-15)11(8-13)10-4-3-9(17-2)7-12(10)16/h3-4,7,11,15-16H,5-6,8,13H2,1-2H3. The third-order valence-corrected chi connectivity index (χ3v) is 2.80. The summed E-state index contributed by atoms with van der Waals surface area (Å²) in [6.07, 6.45) is 0. The molecule has 4 N–H and O–H groups in total. The molecule has 0 amide bonds. The molecular weight excluding hydrogens is 220 g/mol. The number of hydrogen-bond acceptors (Lipinski definition) is 5. The van der Waals surface area contributed by atoms with Crippen LogP contribution in [0, 0.1) is 0 Å². The maximum absolute atomic E-state index is 9.92. The Labute approximate surface area is 101 Å². The van der Waals surface area contributed by atoms with Gasteiger partial charge < -0.3 is 20.7 Å². The van der Waals surface area contributed by atoms with E-state index in [1.807, 2.05) is 11.9 Å². The van der Waals surface area contributed by atoms with Gasteiger partial charge in [0, 0.05) is 24.7 Å². The van der Waals surface area contributed by atoms with Gasteiger partial charge in [0.1, 0.15) is 11.5 Å². The Bertz CT molecular complexity index is 358. The van der Waals surface area contributed by atoms with Crippen LogP contribution in [0.4, 0.5) is 0 Å². The molecule has 1 aromatic carbocycles. The molecular formula is C12H20N2O3. The second-order valence-electron chi connectivity index (χ2n) is 3.88. The van der Waals surface area contributed by atoms with Gasteiger partial charge in [0.2, 0.25) is 0 Å². The van der Waals surface area contributed by atoms with Gasteiger partial charge in [-0.15, -0.1) is 0 Å². The molecule has 17 heavy (non-hydrogen) atoms. The number of phenols is 1. The van der Waals surface area contributed by atoms with Gasteiger partial charge in [-0.3, -0.25) is 4.90 Å². The molecule has 0 saturated carbocycles. The number of hydrogen-bond donors (Lipinski definition) is 3. The quantitative estimate of drug-likeness (QED) is 0.667. The summed E-state index contributed by atoms with van der Waals surface area (Å²) in [5.41, 5.74) is 6.45. The molecule has 0 saturated heterocycles. The molecule has 1 unspecified atom stereocenters. The van der Waals surface area contributed by atoms with Crippen LogP contribution >= 0.6 is 0 Å². The molecule has 0 bridgehead atoms. The molecule has 0 aliphatic heterocycles. The third-order valence-electron chi connectivity index (χ3n) is 2.80. The number of phenolic OH excluding ortho intramolecular Hbond substituents is 1. The minimum atomic E-state index is -0.118. The van der Waals surface area contributed by atoms with Crippen LogP contribution in [0.25, 0.3) is 0 Å². The molecule has 0 aromatic heterocycles. The van der Waals surface area contributed by atoms with E-state index >= 15 is 0 Å². The summed E-state index contributed by atoms with van der Waals surface area (Å²) in [6, 6.07) is 5.02. The van der Waals surface area contributed by atoms with Crippen LogP contribution in [0.15, 0.2) is 18.2 Å². The Balaban J connectivity index is 2.95. The van der Waals surface area contributed by atoms with Gasteiger partial charge in [-0.05, 0) is 13.1 Å². The van der Waals surface area contributed by atoms with E-state index in [0.29, 0.717) is 18.8 Å². The average Bonchev–Trinajstić information content (AvgIpc) is 2.32. The van der Waals surface area contributed by atoms with Crippen molar-refractivity contribution in [2.24, 2.45) is 5.73 Å². The fraction of sp³-hybridized carbons (Fsp3) is 0.500. The first-order valence-corrected chi connectivity index (χ1v) is 5.52. The Hall–Kier alpha value is -1.30. The van der Waals surface area contributed by atoms with E-state index < -0.39 is 0 Å².